The zero-order valence-corrected chi connectivity index (χ0v) is 21.1. The molecule has 182 valence electrons. The molecule has 1 aromatic heterocycles. The number of nitro groups is 1. The Morgan fingerprint density at radius 2 is 1.54 bits per heavy atom. The highest BCUT2D eigenvalue weighted by Crippen LogP contribution is 2.43. The smallest absolute Gasteiger partial charge is 0.269 e. The summed E-state index contributed by atoms with van der Waals surface area (Å²) in [6.07, 6.45) is 7.81. The molecule has 0 radical (unpaired) electrons. The predicted octanol–water partition coefficient (Wildman–Crippen LogP) is 6.91. The van der Waals surface area contributed by atoms with E-state index in [-0.39, 0.29) is 10.6 Å². The van der Waals surface area contributed by atoms with Crippen LogP contribution in [0.1, 0.15) is 28.4 Å². The van der Waals surface area contributed by atoms with Crippen molar-refractivity contribution < 1.29 is 4.92 Å². The number of aromatic nitrogens is 2. The van der Waals surface area contributed by atoms with E-state index in [9.17, 15) is 10.1 Å². The second kappa shape index (κ2) is 8.83. The Hall–Kier alpha value is -4.56. The van der Waals surface area contributed by atoms with Crippen LogP contribution in [0.2, 0.25) is 0 Å². The topological polar surface area (TPSA) is 68.6 Å². The summed E-state index contributed by atoms with van der Waals surface area (Å²) in [5.41, 5.74) is 5.73. The lowest BCUT2D eigenvalue weighted by Crippen LogP contribution is -2.32. The highest BCUT2D eigenvalue weighted by Gasteiger charge is 2.36. The first-order valence-electron chi connectivity index (χ1n) is 11.9. The molecule has 7 nitrogen and oxygen atoms in total. The first kappa shape index (κ1) is 22.9. The van der Waals surface area contributed by atoms with Crippen molar-refractivity contribution in [2.24, 2.45) is 4.99 Å². The number of imidazole rings is 1. The molecule has 0 fully saturated rings. The van der Waals surface area contributed by atoms with Gasteiger partial charge in [-0.05, 0) is 68.0 Å². The van der Waals surface area contributed by atoms with Gasteiger partial charge in [-0.25, -0.2) is 0 Å². The number of aliphatic imine (C=N–C) groups is 1. The zero-order valence-electron chi connectivity index (χ0n) is 20.3. The second-order valence-corrected chi connectivity index (χ2v) is 9.51. The maximum atomic E-state index is 11.6. The summed E-state index contributed by atoms with van der Waals surface area (Å²) in [5, 5.41) is 11.6. The summed E-state index contributed by atoms with van der Waals surface area (Å²) in [7, 11) is 0. The van der Waals surface area contributed by atoms with Crippen LogP contribution in [0.4, 0.5) is 11.5 Å². The third kappa shape index (κ3) is 3.82. The second-order valence-electron chi connectivity index (χ2n) is 9.15. The maximum Gasteiger partial charge on any atom is 0.269 e. The van der Waals surface area contributed by atoms with Gasteiger partial charge in [-0.3, -0.25) is 29.1 Å². The minimum Gasteiger partial charge on any atom is -0.286 e. The Labute approximate surface area is 219 Å². The molecule has 37 heavy (non-hydrogen) atoms. The van der Waals surface area contributed by atoms with Crippen LogP contribution in [0.3, 0.4) is 0 Å². The molecular formula is C29H23N5O2S. The van der Waals surface area contributed by atoms with Crippen molar-refractivity contribution >= 4 is 29.6 Å². The van der Waals surface area contributed by atoms with Gasteiger partial charge in [0.05, 0.1) is 10.6 Å². The van der Waals surface area contributed by atoms with Gasteiger partial charge in [0, 0.05) is 29.7 Å². The molecule has 0 N–H and O–H groups in total. The lowest BCUT2D eigenvalue weighted by atomic mass is 10.0. The van der Waals surface area contributed by atoms with Crippen LogP contribution >= 0.6 is 12.2 Å². The molecule has 0 saturated carbocycles. The molecule has 0 bridgehead atoms. The molecule has 0 amide bonds. The van der Waals surface area contributed by atoms with Gasteiger partial charge in [-0.15, -0.1) is 0 Å². The Morgan fingerprint density at radius 1 is 0.892 bits per heavy atom. The summed E-state index contributed by atoms with van der Waals surface area (Å²) in [4.78, 5) is 18.4. The van der Waals surface area contributed by atoms with Crippen LogP contribution in [0.25, 0.3) is 11.4 Å². The van der Waals surface area contributed by atoms with E-state index in [0.717, 1.165) is 45.4 Å². The molecular weight excluding hydrogens is 482 g/mol. The number of hydrogen-bond donors (Lipinski definition) is 0. The molecule has 6 rings (SSSR count). The molecule has 1 unspecified atom stereocenters. The van der Waals surface area contributed by atoms with E-state index in [0.29, 0.717) is 4.77 Å². The van der Waals surface area contributed by atoms with Crippen molar-refractivity contribution in [2.75, 3.05) is 4.90 Å². The standard InChI is InChI=1S/C29H23N5O2S/c1-19-9-13-22(14-10-19)32-27-26(21-6-5-7-24(18-21)34(35)36)30-25-8-3-4-17-31(25)28(27)33(29(32)37)23-15-11-20(2)12-16-23/h3-18,26H,1-2H3. The monoisotopic (exact) mass is 505 g/mol. The lowest BCUT2D eigenvalue weighted by molar-refractivity contribution is -0.384. The molecule has 0 saturated heterocycles. The van der Waals surface area contributed by atoms with Gasteiger partial charge >= 0.3 is 0 Å². The van der Waals surface area contributed by atoms with Crippen molar-refractivity contribution in [3.8, 4) is 11.4 Å². The third-order valence-corrected chi connectivity index (χ3v) is 7.00. The molecule has 4 aromatic rings. The van der Waals surface area contributed by atoms with Gasteiger partial charge in [0.25, 0.3) is 5.69 Å². The fourth-order valence-corrected chi connectivity index (χ4v) is 5.20. The number of hydrogen-bond acceptors (Lipinski definition) is 5. The average Bonchev–Trinajstić information content (AvgIpc) is 3.22. The first-order chi connectivity index (χ1) is 17.9. The zero-order chi connectivity index (χ0) is 25.7. The van der Waals surface area contributed by atoms with E-state index in [1.54, 1.807) is 12.1 Å². The molecule has 1 atom stereocenters. The van der Waals surface area contributed by atoms with Gasteiger partial charge in [-0.2, -0.15) is 0 Å². The molecule has 2 aliphatic rings. The summed E-state index contributed by atoms with van der Waals surface area (Å²) in [6.45, 7) is 4.10. The first-order valence-corrected chi connectivity index (χ1v) is 12.3. The van der Waals surface area contributed by atoms with Gasteiger partial charge in [0.2, 0.25) is 0 Å². The van der Waals surface area contributed by atoms with E-state index in [2.05, 4.69) is 47.9 Å². The van der Waals surface area contributed by atoms with Crippen LogP contribution in [-0.4, -0.2) is 19.9 Å². The molecule has 3 heterocycles. The SMILES string of the molecule is Cc1ccc(-n2c3c(n(-c4ccc(C)cc4)c2=S)N2C=CC=CC2=NC3c2cccc([N+](=O)[O-])c2)cc1. The van der Waals surface area contributed by atoms with E-state index >= 15 is 0 Å². The number of non-ortho nitro benzene ring substituents is 1. The molecule has 0 spiro atoms. The Kier molecular flexibility index (Phi) is 5.46. The van der Waals surface area contributed by atoms with Crippen LogP contribution < -0.4 is 4.90 Å². The molecule has 8 heteroatoms. The Morgan fingerprint density at radius 3 is 2.19 bits per heavy atom. The van der Waals surface area contributed by atoms with Gasteiger partial charge in [-0.1, -0.05) is 53.6 Å². The van der Waals surface area contributed by atoms with E-state index in [4.69, 9.17) is 17.2 Å². The van der Waals surface area contributed by atoms with Crippen molar-refractivity contribution in [3.05, 3.63) is 134 Å². The van der Waals surface area contributed by atoms with Crippen molar-refractivity contribution in [1.29, 1.82) is 0 Å². The van der Waals surface area contributed by atoms with E-state index in [1.807, 2.05) is 59.0 Å². The summed E-state index contributed by atoms with van der Waals surface area (Å²) in [6, 6.07) is 22.6. The molecule has 0 aliphatic carbocycles. The summed E-state index contributed by atoms with van der Waals surface area (Å²) in [5.74, 6) is 1.60. The number of nitro benzene ring substituents is 1. The largest absolute Gasteiger partial charge is 0.286 e. The minimum atomic E-state index is -0.507. The number of allylic oxidation sites excluding steroid dienone is 2. The van der Waals surface area contributed by atoms with Gasteiger partial charge in [0.1, 0.15) is 17.7 Å². The summed E-state index contributed by atoms with van der Waals surface area (Å²) < 4.78 is 4.69. The Balaban J connectivity index is 1.71. The summed E-state index contributed by atoms with van der Waals surface area (Å²) >= 11 is 6.15. The van der Waals surface area contributed by atoms with Crippen LogP contribution in [-0.2, 0) is 0 Å². The van der Waals surface area contributed by atoms with Gasteiger partial charge < -0.3 is 0 Å². The maximum absolute atomic E-state index is 11.6. The Bertz CT molecular complexity index is 1690. The number of rotatable bonds is 4. The van der Waals surface area contributed by atoms with Crippen molar-refractivity contribution in [1.82, 2.24) is 9.13 Å². The lowest BCUT2D eigenvalue weighted by Gasteiger charge is -2.32. The van der Waals surface area contributed by atoms with Crippen LogP contribution in [0, 0.1) is 28.7 Å². The van der Waals surface area contributed by atoms with Crippen LogP contribution in [0.5, 0.6) is 0 Å². The fourth-order valence-electron chi connectivity index (χ4n) is 4.81. The predicted molar refractivity (Wildman–Crippen MR) is 149 cm³/mol. The van der Waals surface area contributed by atoms with Crippen molar-refractivity contribution in [3.63, 3.8) is 0 Å². The normalized spacial score (nSPS) is 15.8. The number of nitrogens with zero attached hydrogens (tertiary/aromatic N) is 5. The number of benzene rings is 3. The van der Waals surface area contributed by atoms with Crippen LogP contribution in [0.15, 0.2) is 102 Å². The molecule has 3 aromatic carbocycles. The quantitative estimate of drug-likeness (QED) is 0.172. The molecule has 2 aliphatic heterocycles. The number of aryl methyl sites for hydroxylation is 2. The van der Waals surface area contributed by atoms with Gasteiger partial charge in [0.15, 0.2) is 4.77 Å². The minimum absolute atomic E-state index is 0.0270. The average molecular weight is 506 g/mol. The number of anilines is 1. The highest BCUT2D eigenvalue weighted by atomic mass is 32.1. The third-order valence-electron chi connectivity index (χ3n) is 6.63. The van der Waals surface area contributed by atoms with E-state index in [1.165, 1.54) is 6.07 Å². The number of fused-ring (bicyclic) bond motifs is 3. The fraction of sp³-hybridized carbons (Fsp3) is 0.103. The van der Waals surface area contributed by atoms with E-state index < -0.39 is 6.04 Å². The highest BCUT2D eigenvalue weighted by molar-refractivity contribution is 7.71. The number of amidine groups is 1. The van der Waals surface area contributed by atoms with Crippen molar-refractivity contribution in [2.45, 2.75) is 19.9 Å².